The van der Waals surface area contributed by atoms with Gasteiger partial charge in [0.25, 0.3) is 5.91 Å². The molecule has 3 rings (SSSR count). The van der Waals surface area contributed by atoms with Gasteiger partial charge in [0, 0.05) is 41.7 Å². The molecule has 0 fully saturated rings. The van der Waals surface area contributed by atoms with E-state index < -0.39 is 17.9 Å². The molecule has 8 heteroatoms. The number of aromatic amines is 1. The van der Waals surface area contributed by atoms with Crippen LogP contribution in [0, 0.1) is 11.3 Å². The molecule has 1 aromatic heterocycles. The molecule has 0 aliphatic rings. The largest absolute Gasteiger partial charge is 0.361 e. The van der Waals surface area contributed by atoms with Gasteiger partial charge in [0.05, 0.1) is 6.07 Å². The third-order valence-corrected chi connectivity index (χ3v) is 4.53. The Bertz CT molecular complexity index is 1110. The van der Waals surface area contributed by atoms with E-state index >= 15 is 0 Å². The highest BCUT2D eigenvalue weighted by atomic mass is 16.2. The first-order chi connectivity index (χ1) is 14.5. The Morgan fingerprint density at radius 3 is 2.53 bits per heavy atom. The smallest absolute Gasteiger partial charge is 0.251 e. The molecule has 0 aliphatic heterocycles. The molecule has 152 valence electrons. The second-order valence-electron chi connectivity index (χ2n) is 6.72. The number of para-hydroxylation sites is 1. The zero-order valence-corrected chi connectivity index (χ0v) is 16.4. The fourth-order valence-electron chi connectivity index (χ4n) is 3.13. The monoisotopic (exact) mass is 403 g/mol. The third kappa shape index (κ3) is 5.02. The molecule has 1 atom stereocenters. The van der Waals surface area contributed by atoms with Gasteiger partial charge in [0.2, 0.25) is 11.8 Å². The van der Waals surface area contributed by atoms with Crippen LogP contribution in [0.3, 0.4) is 0 Å². The molecule has 0 saturated heterocycles. The van der Waals surface area contributed by atoms with Crippen LogP contribution in [-0.4, -0.2) is 35.3 Å². The maximum atomic E-state index is 12.7. The van der Waals surface area contributed by atoms with Crippen molar-refractivity contribution in [2.75, 3.05) is 11.9 Å². The highest BCUT2D eigenvalue weighted by molar-refractivity contribution is 5.98. The molecule has 3 amide bonds. The van der Waals surface area contributed by atoms with E-state index in [0.717, 1.165) is 16.5 Å². The number of H-pyrrole nitrogens is 1. The molecule has 0 bridgehead atoms. The lowest BCUT2D eigenvalue weighted by molar-refractivity contribution is -0.122. The van der Waals surface area contributed by atoms with Crippen LogP contribution in [0.1, 0.15) is 22.8 Å². The van der Waals surface area contributed by atoms with Gasteiger partial charge in [0.1, 0.15) is 12.6 Å². The summed E-state index contributed by atoms with van der Waals surface area (Å²) < 4.78 is 0. The molecule has 4 N–H and O–H groups in total. The summed E-state index contributed by atoms with van der Waals surface area (Å²) in [5.74, 6) is -1.08. The number of carbonyl (C=O) groups is 3. The first-order valence-corrected chi connectivity index (χ1v) is 9.36. The predicted octanol–water partition coefficient (Wildman–Crippen LogP) is 2.11. The fraction of sp³-hybridized carbons (Fsp3) is 0.182. The summed E-state index contributed by atoms with van der Waals surface area (Å²) in [6.07, 6.45) is 2.07. The first kappa shape index (κ1) is 20.6. The molecule has 0 spiro atoms. The van der Waals surface area contributed by atoms with Crippen molar-refractivity contribution >= 4 is 34.3 Å². The molecular weight excluding hydrogens is 382 g/mol. The number of rotatable bonds is 7. The van der Waals surface area contributed by atoms with Gasteiger partial charge < -0.3 is 20.9 Å². The van der Waals surface area contributed by atoms with Crippen molar-refractivity contribution in [1.29, 1.82) is 5.26 Å². The van der Waals surface area contributed by atoms with Gasteiger partial charge in [-0.25, -0.2) is 0 Å². The standard InChI is InChI=1S/C22H21N5O3/c1-14(28)26-17-8-6-15(7-9-17)21(29)27-20(22(30)24-11-10-23)12-16-13-25-19-5-3-2-4-18(16)19/h2-9,13,20,25H,11-12H2,1H3,(H,24,30)(H,26,28)(H,27,29). The summed E-state index contributed by atoms with van der Waals surface area (Å²) in [4.78, 5) is 39.6. The molecule has 2 aromatic carbocycles. The van der Waals surface area contributed by atoms with E-state index in [1.165, 1.54) is 6.92 Å². The van der Waals surface area contributed by atoms with E-state index in [1.807, 2.05) is 36.5 Å². The average Bonchev–Trinajstić information content (AvgIpc) is 3.14. The summed E-state index contributed by atoms with van der Waals surface area (Å²) >= 11 is 0. The Labute approximate surface area is 173 Å². The van der Waals surface area contributed by atoms with Gasteiger partial charge in [-0.15, -0.1) is 0 Å². The maximum Gasteiger partial charge on any atom is 0.251 e. The van der Waals surface area contributed by atoms with E-state index in [-0.39, 0.29) is 18.9 Å². The van der Waals surface area contributed by atoms with E-state index in [0.29, 0.717) is 11.3 Å². The minimum Gasteiger partial charge on any atom is -0.361 e. The van der Waals surface area contributed by atoms with Crippen LogP contribution in [0.5, 0.6) is 0 Å². The SMILES string of the molecule is CC(=O)Nc1ccc(C(=O)NC(Cc2c[nH]c3ccccc23)C(=O)NCC#N)cc1. The Hall–Kier alpha value is -4.12. The summed E-state index contributed by atoms with van der Waals surface area (Å²) in [5, 5.41) is 17.6. The second-order valence-corrected chi connectivity index (χ2v) is 6.72. The van der Waals surface area contributed by atoms with Crippen molar-refractivity contribution in [2.45, 2.75) is 19.4 Å². The quantitative estimate of drug-likeness (QED) is 0.451. The van der Waals surface area contributed by atoms with Gasteiger partial charge in [-0.3, -0.25) is 14.4 Å². The summed E-state index contributed by atoms with van der Waals surface area (Å²) in [6.45, 7) is 1.25. The minimum atomic E-state index is -0.861. The maximum absolute atomic E-state index is 12.7. The lowest BCUT2D eigenvalue weighted by Gasteiger charge is -2.18. The Morgan fingerprint density at radius 2 is 1.83 bits per heavy atom. The van der Waals surface area contributed by atoms with Gasteiger partial charge >= 0.3 is 0 Å². The van der Waals surface area contributed by atoms with Crippen molar-refractivity contribution in [3.05, 3.63) is 65.9 Å². The van der Waals surface area contributed by atoms with E-state index in [1.54, 1.807) is 24.3 Å². The van der Waals surface area contributed by atoms with Crippen LogP contribution in [0.2, 0.25) is 0 Å². The van der Waals surface area contributed by atoms with Crippen LogP contribution in [0.25, 0.3) is 10.9 Å². The number of nitriles is 1. The third-order valence-electron chi connectivity index (χ3n) is 4.53. The molecular formula is C22H21N5O3. The molecule has 0 radical (unpaired) electrons. The van der Waals surface area contributed by atoms with Crippen molar-refractivity contribution in [2.24, 2.45) is 0 Å². The normalized spacial score (nSPS) is 11.3. The average molecular weight is 403 g/mol. The van der Waals surface area contributed by atoms with E-state index in [2.05, 4.69) is 20.9 Å². The van der Waals surface area contributed by atoms with Gasteiger partial charge in [-0.05, 0) is 35.9 Å². The molecule has 8 nitrogen and oxygen atoms in total. The fourth-order valence-corrected chi connectivity index (χ4v) is 3.13. The number of hydrogen-bond acceptors (Lipinski definition) is 4. The molecule has 30 heavy (non-hydrogen) atoms. The topological polar surface area (TPSA) is 127 Å². The Balaban J connectivity index is 1.78. The van der Waals surface area contributed by atoms with E-state index in [4.69, 9.17) is 5.26 Å². The van der Waals surface area contributed by atoms with Crippen LogP contribution < -0.4 is 16.0 Å². The number of nitrogens with one attached hydrogen (secondary N) is 4. The lowest BCUT2D eigenvalue weighted by Crippen LogP contribution is -2.48. The zero-order valence-electron chi connectivity index (χ0n) is 16.4. The van der Waals surface area contributed by atoms with Gasteiger partial charge in [-0.2, -0.15) is 5.26 Å². The molecule has 0 aliphatic carbocycles. The van der Waals surface area contributed by atoms with E-state index in [9.17, 15) is 14.4 Å². The Kier molecular flexibility index (Phi) is 6.45. The molecule has 3 aromatic rings. The zero-order chi connectivity index (χ0) is 21.5. The summed E-state index contributed by atoms with van der Waals surface area (Å²) in [7, 11) is 0. The number of carbonyl (C=O) groups excluding carboxylic acids is 3. The van der Waals surface area contributed by atoms with Crippen molar-refractivity contribution in [3.8, 4) is 6.07 Å². The number of hydrogen-bond donors (Lipinski definition) is 4. The van der Waals surface area contributed by atoms with Gasteiger partial charge in [0.15, 0.2) is 0 Å². The number of anilines is 1. The molecule has 1 unspecified atom stereocenters. The second kappa shape index (κ2) is 9.39. The van der Waals surface area contributed by atoms with Crippen molar-refractivity contribution < 1.29 is 14.4 Å². The number of benzene rings is 2. The molecule has 0 saturated carbocycles. The van der Waals surface area contributed by atoms with Crippen LogP contribution in [0.4, 0.5) is 5.69 Å². The van der Waals surface area contributed by atoms with Crippen molar-refractivity contribution in [1.82, 2.24) is 15.6 Å². The van der Waals surface area contributed by atoms with Crippen LogP contribution in [-0.2, 0) is 16.0 Å². The number of amides is 3. The van der Waals surface area contributed by atoms with Gasteiger partial charge in [-0.1, -0.05) is 18.2 Å². The first-order valence-electron chi connectivity index (χ1n) is 9.36. The van der Waals surface area contributed by atoms with Crippen LogP contribution >= 0.6 is 0 Å². The number of fused-ring (bicyclic) bond motifs is 1. The number of nitrogens with zero attached hydrogens (tertiary/aromatic N) is 1. The highest BCUT2D eigenvalue weighted by Gasteiger charge is 2.23. The Morgan fingerprint density at radius 1 is 1.10 bits per heavy atom. The lowest BCUT2D eigenvalue weighted by atomic mass is 10.0. The minimum absolute atomic E-state index is 0.148. The highest BCUT2D eigenvalue weighted by Crippen LogP contribution is 2.19. The predicted molar refractivity (Wildman–Crippen MR) is 113 cm³/mol. The summed E-state index contributed by atoms with van der Waals surface area (Å²) in [5.41, 5.74) is 2.73. The molecule has 1 heterocycles. The van der Waals surface area contributed by atoms with Crippen LogP contribution in [0.15, 0.2) is 54.7 Å². The summed E-state index contributed by atoms with van der Waals surface area (Å²) in [6, 6.07) is 15.0. The van der Waals surface area contributed by atoms with Crippen molar-refractivity contribution in [3.63, 3.8) is 0 Å². The number of aromatic nitrogens is 1.